The second kappa shape index (κ2) is 6.53. The summed E-state index contributed by atoms with van der Waals surface area (Å²) in [6.45, 7) is 5.50. The number of aromatic nitrogens is 2. The van der Waals surface area contributed by atoms with Crippen LogP contribution in [0.3, 0.4) is 0 Å². The van der Waals surface area contributed by atoms with Gasteiger partial charge in [-0.3, -0.25) is 4.79 Å². The van der Waals surface area contributed by atoms with E-state index >= 15 is 0 Å². The number of alkyl halides is 3. The second-order valence-corrected chi connectivity index (χ2v) is 4.71. The fraction of sp³-hybridized carbons (Fsp3) is 0.583. The number of hydrogen-bond donors (Lipinski definition) is 2. The Hall–Kier alpha value is -1.86. The molecule has 0 aromatic carbocycles. The van der Waals surface area contributed by atoms with Gasteiger partial charge in [-0.15, -0.1) is 0 Å². The summed E-state index contributed by atoms with van der Waals surface area (Å²) < 4.78 is 36.2. The van der Waals surface area contributed by atoms with Gasteiger partial charge in [0.05, 0.1) is 0 Å². The van der Waals surface area contributed by atoms with E-state index in [2.05, 4.69) is 15.3 Å². The standard InChI is InChI=1S/C12H17F3N4O/c1-7(2)9-4-5-16-11(19-9)17-6-8(3)18-10(20)12(13,14)15/h4-5,7-8H,6H2,1-3H3,(H,18,20)(H,16,17,19)/t8-/m1/s1. The molecular weight excluding hydrogens is 273 g/mol. The smallest absolute Gasteiger partial charge is 0.352 e. The van der Waals surface area contributed by atoms with Crippen LogP contribution in [0.5, 0.6) is 0 Å². The van der Waals surface area contributed by atoms with Gasteiger partial charge in [-0.1, -0.05) is 13.8 Å². The van der Waals surface area contributed by atoms with E-state index in [1.165, 1.54) is 6.92 Å². The lowest BCUT2D eigenvalue weighted by Crippen LogP contribution is -2.44. The molecule has 0 aliphatic heterocycles. The molecule has 0 unspecified atom stereocenters. The zero-order valence-electron chi connectivity index (χ0n) is 11.5. The van der Waals surface area contributed by atoms with E-state index in [1.807, 2.05) is 19.2 Å². The van der Waals surface area contributed by atoms with E-state index in [0.717, 1.165) is 5.69 Å². The fourth-order valence-electron chi connectivity index (χ4n) is 1.38. The van der Waals surface area contributed by atoms with Gasteiger partial charge in [-0.05, 0) is 18.9 Å². The maximum Gasteiger partial charge on any atom is 0.471 e. The summed E-state index contributed by atoms with van der Waals surface area (Å²) in [5.41, 5.74) is 0.828. The van der Waals surface area contributed by atoms with Gasteiger partial charge in [-0.25, -0.2) is 9.97 Å². The average molecular weight is 290 g/mol. The largest absolute Gasteiger partial charge is 0.471 e. The van der Waals surface area contributed by atoms with Crippen LogP contribution in [0, 0.1) is 0 Å². The first kappa shape index (κ1) is 16.2. The van der Waals surface area contributed by atoms with Gasteiger partial charge in [0, 0.05) is 24.5 Å². The minimum Gasteiger partial charge on any atom is -0.352 e. The van der Waals surface area contributed by atoms with Crippen LogP contribution in [0.4, 0.5) is 19.1 Å². The molecule has 0 aliphatic rings. The third-order valence-corrected chi connectivity index (χ3v) is 2.47. The number of carbonyl (C=O) groups is 1. The Balaban J connectivity index is 2.51. The molecular formula is C12H17F3N4O. The van der Waals surface area contributed by atoms with Crippen LogP contribution >= 0.6 is 0 Å². The van der Waals surface area contributed by atoms with Crippen molar-refractivity contribution in [1.82, 2.24) is 15.3 Å². The third kappa shape index (κ3) is 5.02. The zero-order chi connectivity index (χ0) is 15.3. The average Bonchev–Trinajstić information content (AvgIpc) is 2.35. The van der Waals surface area contributed by atoms with Crippen molar-refractivity contribution in [3.8, 4) is 0 Å². The van der Waals surface area contributed by atoms with E-state index in [4.69, 9.17) is 0 Å². The first-order chi connectivity index (χ1) is 9.20. The summed E-state index contributed by atoms with van der Waals surface area (Å²) in [4.78, 5) is 18.9. The first-order valence-corrected chi connectivity index (χ1v) is 6.14. The number of carbonyl (C=O) groups excluding carboxylic acids is 1. The van der Waals surface area contributed by atoms with Crippen molar-refractivity contribution in [1.29, 1.82) is 0 Å². The highest BCUT2D eigenvalue weighted by molar-refractivity contribution is 5.81. The van der Waals surface area contributed by atoms with Crippen LogP contribution < -0.4 is 10.6 Å². The molecule has 5 nitrogen and oxygen atoms in total. The molecule has 0 fully saturated rings. The van der Waals surface area contributed by atoms with Gasteiger partial charge in [0.2, 0.25) is 5.95 Å². The van der Waals surface area contributed by atoms with Crippen LogP contribution in [0.25, 0.3) is 0 Å². The van der Waals surface area contributed by atoms with Crippen LogP contribution in [-0.4, -0.2) is 34.6 Å². The van der Waals surface area contributed by atoms with Gasteiger partial charge in [0.25, 0.3) is 0 Å². The molecule has 0 saturated heterocycles. The molecule has 0 spiro atoms. The van der Waals surface area contributed by atoms with Crippen molar-refractivity contribution < 1.29 is 18.0 Å². The molecule has 0 bridgehead atoms. The van der Waals surface area contributed by atoms with Crippen molar-refractivity contribution in [3.63, 3.8) is 0 Å². The summed E-state index contributed by atoms with van der Waals surface area (Å²) in [6.07, 6.45) is -3.30. The molecule has 0 saturated carbocycles. The predicted molar refractivity (Wildman–Crippen MR) is 68.3 cm³/mol. The normalized spacial score (nSPS) is 13.2. The molecule has 0 radical (unpaired) electrons. The summed E-state index contributed by atoms with van der Waals surface area (Å²) in [5, 5.41) is 4.64. The number of anilines is 1. The van der Waals surface area contributed by atoms with Crippen LogP contribution in [0.15, 0.2) is 12.3 Å². The Morgan fingerprint density at radius 1 is 1.35 bits per heavy atom. The lowest BCUT2D eigenvalue weighted by atomic mass is 10.1. The van der Waals surface area contributed by atoms with E-state index in [-0.39, 0.29) is 12.5 Å². The summed E-state index contributed by atoms with van der Waals surface area (Å²) >= 11 is 0. The highest BCUT2D eigenvalue weighted by atomic mass is 19.4. The Morgan fingerprint density at radius 3 is 2.55 bits per heavy atom. The summed E-state index contributed by atoms with van der Waals surface area (Å²) in [6, 6.07) is 1.07. The topological polar surface area (TPSA) is 66.9 Å². The quantitative estimate of drug-likeness (QED) is 0.871. The van der Waals surface area contributed by atoms with Gasteiger partial charge < -0.3 is 10.6 Å². The highest BCUT2D eigenvalue weighted by Gasteiger charge is 2.39. The molecule has 8 heteroatoms. The maximum absolute atomic E-state index is 12.1. The lowest BCUT2D eigenvalue weighted by Gasteiger charge is -2.16. The van der Waals surface area contributed by atoms with Crippen LogP contribution in [0.2, 0.25) is 0 Å². The molecule has 0 aliphatic carbocycles. The van der Waals surface area contributed by atoms with Crippen LogP contribution in [0.1, 0.15) is 32.4 Å². The molecule has 1 atom stereocenters. The van der Waals surface area contributed by atoms with E-state index in [9.17, 15) is 18.0 Å². The molecule has 1 amide bonds. The number of halogens is 3. The SMILES string of the molecule is CC(C)c1ccnc(NC[C@@H](C)NC(=O)C(F)(F)F)n1. The number of hydrogen-bond acceptors (Lipinski definition) is 4. The highest BCUT2D eigenvalue weighted by Crippen LogP contribution is 2.14. The van der Waals surface area contributed by atoms with E-state index in [1.54, 1.807) is 12.3 Å². The van der Waals surface area contributed by atoms with Crippen molar-refractivity contribution in [2.24, 2.45) is 0 Å². The lowest BCUT2D eigenvalue weighted by molar-refractivity contribution is -0.174. The van der Waals surface area contributed by atoms with Crippen molar-refractivity contribution in [2.45, 2.75) is 38.9 Å². The van der Waals surface area contributed by atoms with Crippen molar-refractivity contribution in [2.75, 3.05) is 11.9 Å². The summed E-state index contributed by atoms with van der Waals surface area (Å²) in [5.74, 6) is -1.41. The minimum absolute atomic E-state index is 0.101. The Morgan fingerprint density at radius 2 is 2.00 bits per heavy atom. The number of nitrogens with one attached hydrogen (secondary N) is 2. The van der Waals surface area contributed by atoms with Gasteiger partial charge in [-0.2, -0.15) is 13.2 Å². The van der Waals surface area contributed by atoms with Crippen LogP contribution in [-0.2, 0) is 4.79 Å². The molecule has 2 N–H and O–H groups in total. The fourth-order valence-corrected chi connectivity index (χ4v) is 1.38. The number of rotatable bonds is 5. The number of nitrogens with zero attached hydrogens (tertiary/aromatic N) is 2. The Bertz CT molecular complexity index is 462. The van der Waals surface area contributed by atoms with Crippen molar-refractivity contribution in [3.05, 3.63) is 18.0 Å². The predicted octanol–water partition coefficient (Wildman–Crippen LogP) is 2.08. The molecule has 112 valence electrons. The summed E-state index contributed by atoms with van der Waals surface area (Å²) in [7, 11) is 0. The molecule has 20 heavy (non-hydrogen) atoms. The molecule has 1 rings (SSSR count). The van der Waals surface area contributed by atoms with E-state index < -0.39 is 18.1 Å². The van der Waals surface area contributed by atoms with Crippen molar-refractivity contribution >= 4 is 11.9 Å². The Kier molecular flexibility index (Phi) is 5.29. The molecule has 1 aromatic rings. The minimum atomic E-state index is -4.87. The zero-order valence-corrected chi connectivity index (χ0v) is 11.5. The monoisotopic (exact) mass is 290 g/mol. The van der Waals surface area contributed by atoms with Gasteiger partial charge in [0.1, 0.15) is 0 Å². The Labute approximate surface area is 115 Å². The molecule has 1 heterocycles. The number of amides is 1. The van der Waals surface area contributed by atoms with Gasteiger partial charge in [0.15, 0.2) is 0 Å². The second-order valence-electron chi connectivity index (χ2n) is 4.71. The third-order valence-electron chi connectivity index (χ3n) is 2.47. The maximum atomic E-state index is 12.1. The molecule has 1 aromatic heterocycles. The van der Waals surface area contributed by atoms with Gasteiger partial charge >= 0.3 is 12.1 Å². The first-order valence-electron chi connectivity index (χ1n) is 6.14. The van der Waals surface area contributed by atoms with E-state index in [0.29, 0.717) is 5.95 Å².